The molecule has 2 aliphatic heterocycles. The van der Waals surface area contributed by atoms with E-state index in [1.165, 1.54) is 50.5 Å². The Morgan fingerprint density at radius 2 is 1.86 bits per heavy atom. The lowest BCUT2D eigenvalue weighted by Crippen LogP contribution is -2.48. The zero-order valence-corrected chi connectivity index (χ0v) is 14.3. The van der Waals surface area contributed by atoms with Crippen LogP contribution < -0.4 is 0 Å². The highest BCUT2D eigenvalue weighted by Crippen LogP contribution is 2.37. The summed E-state index contributed by atoms with van der Waals surface area (Å²) in [6, 6.07) is 12.5. The van der Waals surface area contributed by atoms with Crippen LogP contribution in [0.4, 0.5) is 0 Å². The minimum atomic E-state index is 0.692. The molecule has 0 saturated carbocycles. The third-order valence-corrected chi connectivity index (χ3v) is 5.77. The minimum Gasteiger partial charge on any atom is -0.289 e. The Bertz CT molecular complexity index is 486. The van der Waals surface area contributed by atoms with Crippen LogP contribution in [0.25, 0.3) is 0 Å². The van der Waals surface area contributed by atoms with Crippen molar-refractivity contribution in [3.8, 4) is 0 Å². The van der Waals surface area contributed by atoms with Crippen molar-refractivity contribution < 1.29 is 0 Å². The summed E-state index contributed by atoms with van der Waals surface area (Å²) in [5.74, 6) is 0.896. The van der Waals surface area contributed by atoms with Crippen LogP contribution in [-0.4, -0.2) is 17.0 Å². The van der Waals surface area contributed by atoms with Gasteiger partial charge in [-0.15, -0.1) is 0 Å². The number of nitrogens with zero attached hydrogens (tertiary/aromatic N) is 1. The molecule has 120 valence electrons. The second-order valence-corrected chi connectivity index (χ2v) is 7.23. The lowest BCUT2D eigenvalue weighted by Gasteiger charge is -2.45. The summed E-state index contributed by atoms with van der Waals surface area (Å²) in [7, 11) is 0. The first-order valence-electron chi connectivity index (χ1n) is 9.29. The maximum absolute atomic E-state index is 2.77. The van der Waals surface area contributed by atoms with Crippen molar-refractivity contribution in [1.29, 1.82) is 0 Å². The van der Waals surface area contributed by atoms with E-state index < -0.39 is 0 Å². The first-order chi connectivity index (χ1) is 10.8. The van der Waals surface area contributed by atoms with Crippen LogP contribution in [0.5, 0.6) is 0 Å². The predicted molar refractivity (Wildman–Crippen MR) is 94.8 cm³/mol. The fourth-order valence-electron chi connectivity index (χ4n) is 4.35. The SMILES string of the molecule is CCC(CC)CC1=CC2CCCC(C1)N2Cc1ccccc1. The second-order valence-electron chi connectivity index (χ2n) is 7.23. The summed E-state index contributed by atoms with van der Waals surface area (Å²) in [4.78, 5) is 2.77. The molecule has 1 fully saturated rings. The third kappa shape index (κ3) is 3.63. The van der Waals surface area contributed by atoms with Crippen LogP contribution in [0.2, 0.25) is 0 Å². The Balaban J connectivity index is 1.71. The molecule has 22 heavy (non-hydrogen) atoms. The average molecular weight is 297 g/mol. The van der Waals surface area contributed by atoms with Gasteiger partial charge in [0, 0.05) is 18.6 Å². The Morgan fingerprint density at radius 3 is 2.55 bits per heavy atom. The Labute approximate surface area is 136 Å². The summed E-state index contributed by atoms with van der Waals surface area (Å²) in [5, 5.41) is 0. The first-order valence-corrected chi connectivity index (χ1v) is 9.29. The monoisotopic (exact) mass is 297 g/mol. The number of hydrogen-bond acceptors (Lipinski definition) is 1. The molecule has 2 aliphatic rings. The van der Waals surface area contributed by atoms with Gasteiger partial charge < -0.3 is 0 Å². The first kappa shape index (κ1) is 15.8. The number of benzene rings is 1. The fourth-order valence-corrected chi connectivity index (χ4v) is 4.35. The molecule has 1 aromatic carbocycles. The number of fused-ring (bicyclic) bond motifs is 2. The molecular weight excluding hydrogens is 266 g/mol. The maximum Gasteiger partial charge on any atom is 0.0287 e. The van der Waals surface area contributed by atoms with Gasteiger partial charge in [0.15, 0.2) is 0 Å². The fraction of sp³-hybridized carbons (Fsp3) is 0.619. The average Bonchev–Trinajstić information content (AvgIpc) is 2.54. The van der Waals surface area contributed by atoms with Crippen LogP contribution in [0, 0.1) is 5.92 Å². The molecule has 0 aliphatic carbocycles. The highest BCUT2D eigenvalue weighted by atomic mass is 15.2. The molecule has 2 bridgehead atoms. The summed E-state index contributed by atoms with van der Waals surface area (Å²) in [5.41, 5.74) is 3.23. The molecule has 1 heteroatoms. The van der Waals surface area contributed by atoms with Crippen molar-refractivity contribution in [3.05, 3.63) is 47.5 Å². The lowest BCUT2D eigenvalue weighted by molar-refractivity contribution is 0.0868. The molecule has 1 nitrogen and oxygen atoms in total. The molecule has 0 amide bonds. The van der Waals surface area contributed by atoms with E-state index in [0.29, 0.717) is 6.04 Å². The molecule has 2 atom stereocenters. The number of hydrogen-bond donors (Lipinski definition) is 0. The normalized spacial score (nSPS) is 25.3. The summed E-state index contributed by atoms with van der Waals surface area (Å²) < 4.78 is 0. The van der Waals surface area contributed by atoms with Crippen LogP contribution in [0.1, 0.15) is 64.4 Å². The topological polar surface area (TPSA) is 3.24 Å². The van der Waals surface area contributed by atoms with Gasteiger partial charge in [0.25, 0.3) is 0 Å². The molecule has 0 N–H and O–H groups in total. The van der Waals surface area contributed by atoms with Gasteiger partial charge in [-0.2, -0.15) is 0 Å². The zero-order valence-electron chi connectivity index (χ0n) is 14.3. The number of rotatable bonds is 6. The van der Waals surface area contributed by atoms with Gasteiger partial charge in [0.1, 0.15) is 0 Å². The standard InChI is InChI=1S/C21H31N/c1-3-17(4-2)13-19-14-20-11-8-12-21(15-19)22(20)16-18-9-6-5-7-10-18/h5-7,9-10,14,17,20-21H,3-4,8,11-13,15-16H2,1-2H3. The predicted octanol–water partition coefficient (Wildman–Crippen LogP) is 5.57. The van der Waals surface area contributed by atoms with Crippen molar-refractivity contribution in [2.45, 2.75) is 77.4 Å². The smallest absolute Gasteiger partial charge is 0.0287 e. The summed E-state index contributed by atoms with van der Waals surface area (Å²) >= 11 is 0. The van der Waals surface area contributed by atoms with Crippen molar-refractivity contribution >= 4 is 0 Å². The zero-order chi connectivity index (χ0) is 15.4. The quantitative estimate of drug-likeness (QED) is 0.621. The van der Waals surface area contributed by atoms with Gasteiger partial charge in [0.2, 0.25) is 0 Å². The maximum atomic E-state index is 2.77. The summed E-state index contributed by atoms with van der Waals surface area (Å²) in [6.45, 7) is 5.82. The van der Waals surface area contributed by atoms with Crippen LogP contribution in [-0.2, 0) is 6.54 Å². The molecule has 2 heterocycles. The van der Waals surface area contributed by atoms with Crippen molar-refractivity contribution in [3.63, 3.8) is 0 Å². The van der Waals surface area contributed by atoms with Crippen LogP contribution in [0.3, 0.4) is 0 Å². The Kier molecular flexibility index (Phi) is 5.36. The second kappa shape index (κ2) is 7.46. The highest BCUT2D eigenvalue weighted by Gasteiger charge is 2.33. The molecule has 1 saturated heterocycles. The third-order valence-electron chi connectivity index (χ3n) is 5.77. The Morgan fingerprint density at radius 1 is 1.09 bits per heavy atom. The largest absolute Gasteiger partial charge is 0.289 e. The van der Waals surface area contributed by atoms with Gasteiger partial charge in [-0.05, 0) is 37.2 Å². The van der Waals surface area contributed by atoms with Gasteiger partial charge in [-0.3, -0.25) is 4.90 Å². The number of piperidine rings is 1. The Hall–Kier alpha value is -1.08. The highest BCUT2D eigenvalue weighted by molar-refractivity contribution is 5.20. The molecule has 0 spiro atoms. The minimum absolute atomic E-state index is 0.692. The van der Waals surface area contributed by atoms with Gasteiger partial charge in [-0.25, -0.2) is 0 Å². The molecule has 0 radical (unpaired) electrons. The van der Waals surface area contributed by atoms with Gasteiger partial charge >= 0.3 is 0 Å². The van der Waals surface area contributed by atoms with Crippen LogP contribution in [0.15, 0.2) is 42.0 Å². The molecule has 1 aromatic rings. The molecule has 3 rings (SSSR count). The van der Waals surface area contributed by atoms with E-state index in [9.17, 15) is 0 Å². The van der Waals surface area contributed by atoms with Gasteiger partial charge in [-0.1, -0.05) is 75.1 Å². The van der Waals surface area contributed by atoms with E-state index in [2.05, 4.69) is 55.2 Å². The van der Waals surface area contributed by atoms with Crippen molar-refractivity contribution in [2.75, 3.05) is 0 Å². The lowest BCUT2D eigenvalue weighted by atomic mass is 9.81. The molecule has 0 aromatic heterocycles. The van der Waals surface area contributed by atoms with Crippen molar-refractivity contribution in [1.82, 2.24) is 4.90 Å². The van der Waals surface area contributed by atoms with E-state index in [1.807, 2.05) is 0 Å². The van der Waals surface area contributed by atoms with E-state index in [1.54, 1.807) is 5.57 Å². The van der Waals surface area contributed by atoms with E-state index in [-0.39, 0.29) is 0 Å². The van der Waals surface area contributed by atoms with E-state index >= 15 is 0 Å². The van der Waals surface area contributed by atoms with Crippen LogP contribution >= 0.6 is 0 Å². The van der Waals surface area contributed by atoms with Crippen molar-refractivity contribution in [2.24, 2.45) is 5.92 Å². The summed E-state index contributed by atoms with van der Waals surface area (Å²) in [6.07, 6.45) is 12.1. The van der Waals surface area contributed by atoms with E-state index in [4.69, 9.17) is 0 Å². The molecule has 2 unspecified atom stereocenters. The van der Waals surface area contributed by atoms with E-state index in [0.717, 1.165) is 18.5 Å². The van der Waals surface area contributed by atoms with Gasteiger partial charge in [0.05, 0.1) is 0 Å². The molecular formula is C21H31N.